The molecule has 5 nitrogen and oxygen atoms in total. The Morgan fingerprint density at radius 1 is 1.53 bits per heavy atom. The molecule has 0 atom stereocenters. The first kappa shape index (κ1) is 13.7. The summed E-state index contributed by atoms with van der Waals surface area (Å²) in [5.74, 6) is 0.934. The molecular formula is C14H20N2O3. The highest BCUT2D eigenvalue weighted by atomic mass is 16.5. The number of carbonyl (C=O) groups is 1. The number of benzene rings is 1. The second kappa shape index (κ2) is 5.48. The van der Waals surface area contributed by atoms with E-state index in [0.29, 0.717) is 29.5 Å². The standard InChI is InChI=1S/C14H20N2O3/c1-16(8-9-5-10(17)6-9)14(18)12-4-3-11(19-2)7-13(12)15/h3-4,7,9-10,17H,5-6,8,15H2,1-2H3. The summed E-state index contributed by atoms with van der Waals surface area (Å²) < 4.78 is 5.06. The van der Waals surface area contributed by atoms with Crippen LogP contribution in [0.1, 0.15) is 23.2 Å². The Morgan fingerprint density at radius 3 is 2.74 bits per heavy atom. The number of hydrogen-bond acceptors (Lipinski definition) is 4. The lowest BCUT2D eigenvalue weighted by atomic mass is 9.82. The summed E-state index contributed by atoms with van der Waals surface area (Å²) >= 11 is 0. The van der Waals surface area contributed by atoms with Gasteiger partial charge >= 0.3 is 0 Å². The highest BCUT2D eigenvalue weighted by molar-refractivity contribution is 5.99. The highest BCUT2D eigenvalue weighted by Gasteiger charge is 2.29. The number of amides is 1. The van der Waals surface area contributed by atoms with Gasteiger partial charge in [-0.15, -0.1) is 0 Å². The molecule has 0 heterocycles. The van der Waals surface area contributed by atoms with Gasteiger partial charge < -0.3 is 20.5 Å². The largest absolute Gasteiger partial charge is 0.497 e. The van der Waals surface area contributed by atoms with Crippen molar-refractivity contribution in [2.75, 3.05) is 26.4 Å². The lowest BCUT2D eigenvalue weighted by Gasteiger charge is -2.34. The maximum atomic E-state index is 12.3. The molecule has 1 amide bonds. The molecule has 3 N–H and O–H groups in total. The van der Waals surface area contributed by atoms with Crippen molar-refractivity contribution in [1.82, 2.24) is 4.90 Å². The molecule has 1 aliphatic carbocycles. The Labute approximate surface area is 113 Å². The van der Waals surface area contributed by atoms with Gasteiger partial charge in [0.05, 0.1) is 18.8 Å². The molecule has 104 valence electrons. The van der Waals surface area contributed by atoms with Crippen LogP contribution >= 0.6 is 0 Å². The van der Waals surface area contributed by atoms with Crippen molar-refractivity contribution in [3.8, 4) is 5.75 Å². The molecule has 0 unspecified atom stereocenters. The molecule has 0 aromatic heterocycles. The Morgan fingerprint density at radius 2 is 2.21 bits per heavy atom. The number of nitrogens with zero attached hydrogens (tertiary/aromatic N) is 1. The first-order chi connectivity index (χ1) is 9.01. The van der Waals surface area contributed by atoms with Gasteiger partial charge in [-0.05, 0) is 30.9 Å². The van der Waals surface area contributed by atoms with Crippen molar-refractivity contribution in [2.24, 2.45) is 5.92 Å². The van der Waals surface area contributed by atoms with E-state index in [1.165, 1.54) is 0 Å². The average Bonchev–Trinajstić information content (AvgIpc) is 2.35. The summed E-state index contributed by atoms with van der Waals surface area (Å²) in [7, 11) is 3.32. The predicted molar refractivity (Wildman–Crippen MR) is 73.1 cm³/mol. The number of anilines is 1. The van der Waals surface area contributed by atoms with Crippen LogP contribution in [0.25, 0.3) is 0 Å². The normalized spacial score (nSPS) is 21.6. The topological polar surface area (TPSA) is 75.8 Å². The number of aliphatic hydroxyl groups is 1. The van der Waals surface area contributed by atoms with Gasteiger partial charge in [0.1, 0.15) is 5.75 Å². The minimum atomic E-state index is -0.195. The molecule has 0 bridgehead atoms. The summed E-state index contributed by atoms with van der Waals surface area (Å²) in [6.07, 6.45) is 1.35. The van der Waals surface area contributed by atoms with Crippen molar-refractivity contribution >= 4 is 11.6 Å². The van der Waals surface area contributed by atoms with Gasteiger partial charge in [0, 0.05) is 25.3 Å². The van der Waals surface area contributed by atoms with E-state index in [1.54, 1.807) is 37.3 Å². The Hall–Kier alpha value is -1.75. The number of nitrogen functional groups attached to an aromatic ring is 1. The quantitative estimate of drug-likeness (QED) is 0.799. The van der Waals surface area contributed by atoms with Crippen molar-refractivity contribution in [2.45, 2.75) is 18.9 Å². The minimum absolute atomic E-state index is 0.0958. The first-order valence-corrected chi connectivity index (χ1v) is 6.38. The fraction of sp³-hybridized carbons (Fsp3) is 0.500. The predicted octanol–water partition coefficient (Wildman–Crippen LogP) is 1.12. The monoisotopic (exact) mass is 264 g/mol. The highest BCUT2D eigenvalue weighted by Crippen LogP contribution is 2.28. The lowest BCUT2D eigenvalue weighted by molar-refractivity contribution is 0.0265. The zero-order valence-electron chi connectivity index (χ0n) is 11.3. The zero-order chi connectivity index (χ0) is 14.0. The smallest absolute Gasteiger partial charge is 0.255 e. The fourth-order valence-electron chi connectivity index (χ4n) is 2.39. The van der Waals surface area contributed by atoms with E-state index in [1.807, 2.05) is 0 Å². The summed E-state index contributed by atoms with van der Waals surface area (Å²) in [6.45, 7) is 0.654. The van der Waals surface area contributed by atoms with E-state index < -0.39 is 0 Å². The van der Waals surface area contributed by atoms with Crippen molar-refractivity contribution in [1.29, 1.82) is 0 Å². The van der Waals surface area contributed by atoms with Crippen LogP contribution in [0, 0.1) is 5.92 Å². The van der Waals surface area contributed by atoms with E-state index in [9.17, 15) is 9.90 Å². The number of methoxy groups -OCH3 is 1. The number of ether oxygens (including phenoxy) is 1. The van der Waals surface area contributed by atoms with Crippen LogP contribution in [0.2, 0.25) is 0 Å². The minimum Gasteiger partial charge on any atom is -0.497 e. The van der Waals surface area contributed by atoms with Gasteiger partial charge in [-0.3, -0.25) is 4.79 Å². The Balaban J connectivity index is 2.02. The summed E-state index contributed by atoms with van der Waals surface area (Å²) in [5, 5.41) is 9.25. The summed E-state index contributed by atoms with van der Waals surface area (Å²) in [5.41, 5.74) is 6.78. The zero-order valence-corrected chi connectivity index (χ0v) is 11.3. The lowest BCUT2D eigenvalue weighted by Crippen LogP contribution is -2.39. The SMILES string of the molecule is COc1ccc(C(=O)N(C)CC2CC(O)C2)c(N)c1. The van der Waals surface area contributed by atoms with E-state index in [0.717, 1.165) is 12.8 Å². The van der Waals surface area contributed by atoms with Gasteiger partial charge in [-0.1, -0.05) is 0 Å². The van der Waals surface area contributed by atoms with Crippen LogP contribution in [0.15, 0.2) is 18.2 Å². The third-order valence-corrected chi connectivity index (χ3v) is 3.58. The van der Waals surface area contributed by atoms with Crippen LogP contribution in [0.5, 0.6) is 5.75 Å². The van der Waals surface area contributed by atoms with Crippen LogP contribution < -0.4 is 10.5 Å². The van der Waals surface area contributed by atoms with Gasteiger partial charge in [-0.2, -0.15) is 0 Å². The Kier molecular flexibility index (Phi) is 3.95. The average molecular weight is 264 g/mol. The molecule has 1 aromatic carbocycles. The van der Waals surface area contributed by atoms with Gasteiger partial charge in [0.15, 0.2) is 0 Å². The van der Waals surface area contributed by atoms with Crippen LogP contribution in [-0.2, 0) is 0 Å². The van der Waals surface area contributed by atoms with E-state index in [-0.39, 0.29) is 12.0 Å². The van der Waals surface area contributed by atoms with E-state index in [2.05, 4.69) is 0 Å². The number of rotatable bonds is 4. The van der Waals surface area contributed by atoms with Gasteiger partial charge in [0.2, 0.25) is 0 Å². The van der Waals surface area contributed by atoms with Gasteiger partial charge in [-0.25, -0.2) is 0 Å². The molecule has 0 aliphatic heterocycles. The number of hydrogen-bond donors (Lipinski definition) is 2. The maximum absolute atomic E-state index is 12.3. The molecular weight excluding hydrogens is 244 g/mol. The molecule has 0 saturated heterocycles. The van der Waals surface area contributed by atoms with Crippen molar-refractivity contribution < 1.29 is 14.6 Å². The van der Waals surface area contributed by atoms with Crippen LogP contribution in [0.3, 0.4) is 0 Å². The number of carbonyl (C=O) groups excluding carboxylic acids is 1. The summed E-state index contributed by atoms with van der Waals surface area (Å²) in [4.78, 5) is 13.9. The van der Waals surface area contributed by atoms with Gasteiger partial charge in [0.25, 0.3) is 5.91 Å². The molecule has 5 heteroatoms. The molecule has 2 rings (SSSR count). The second-order valence-electron chi connectivity index (χ2n) is 5.13. The number of nitrogens with two attached hydrogens (primary N) is 1. The van der Waals surface area contributed by atoms with Crippen LogP contribution in [-0.4, -0.2) is 42.7 Å². The molecule has 19 heavy (non-hydrogen) atoms. The Bertz CT molecular complexity index is 470. The third kappa shape index (κ3) is 2.98. The molecule has 0 spiro atoms. The van der Waals surface area contributed by atoms with Crippen molar-refractivity contribution in [3.05, 3.63) is 23.8 Å². The second-order valence-corrected chi connectivity index (χ2v) is 5.13. The maximum Gasteiger partial charge on any atom is 0.255 e. The molecule has 1 aromatic rings. The molecule has 1 fully saturated rings. The van der Waals surface area contributed by atoms with Crippen molar-refractivity contribution in [3.63, 3.8) is 0 Å². The van der Waals surface area contributed by atoms with E-state index >= 15 is 0 Å². The third-order valence-electron chi connectivity index (χ3n) is 3.58. The number of aliphatic hydroxyl groups excluding tert-OH is 1. The fourth-order valence-corrected chi connectivity index (χ4v) is 2.39. The van der Waals surface area contributed by atoms with E-state index in [4.69, 9.17) is 10.5 Å². The first-order valence-electron chi connectivity index (χ1n) is 6.38. The molecule has 0 radical (unpaired) electrons. The molecule has 1 saturated carbocycles. The summed E-state index contributed by atoms with van der Waals surface area (Å²) in [6, 6.07) is 5.06. The molecule has 1 aliphatic rings. The van der Waals surface area contributed by atoms with Crippen LogP contribution in [0.4, 0.5) is 5.69 Å².